The van der Waals surface area contributed by atoms with Gasteiger partial charge in [0.25, 0.3) is 0 Å². The van der Waals surface area contributed by atoms with Crippen molar-refractivity contribution in [3.8, 4) is 0 Å². The third-order valence-electron chi connectivity index (χ3n) is 4.09. The van der Waals surface area contributed by atoms with E-state index in [1.54, 1.807) is 0 Å². The molecule has 0 saturated carbocycles. The van der Waals surface area contributed by atoms with Crippen LogP contribution in [0.15, 0.2) is 30.5 Å². The van der Waals surface area contributed by atoms with E-state index < -0.39 is 15.6 Å². The number of phosphoric acid groups is 2. The normalized spacial score (nSPS) is 15.8. The summed E-state index contributed by atoms with van der Waals surface area (Å²) in [6.07, 6.45) is 2.94. The van der Waals surface area contributed by atoms with Gasteiger partial charge in [-0.05, 0) is 37.6 Å². The minimum absolute atomic E-state index is 0.407. The van der Waals surface area contributed by atoms with Crippen molar-refractivity contribution in [3.05, 3.63) is 35.5 Å². The second-order valence-corrected chi connectivity index (χ2v) is 9.32. The lowest BCUT2D eigenvalue weighted by molar-refractivity contribution is 0.0370. The van der Waals surface area contributed by atoms with Crippen LogP contribution in [-0.2, 0) is 13.9 Å². The molecule has 1 aromatic carbocycles. The Kier molecular flexibility index (Phi) is 12.2. The van der Waals surface area contributed by atoms with Gasteiger partial charge in [0.2, 0.25) is 0 Å². The number of pyridine rings is 1. The summed E-state index contributed by atoms with van der Waals surface area (Å²) in [4.78, 5) is 50.0. The van der Waals surface area contributed by atoms with Crippen LogP contribution >= 0.6 is 27.2 Å². The molecule has 1 unspecified atom stereocenters. The molecule has 1 aromatic heterocycles. The Morgan fingerprint density at radius 1 is 1.09 bits per heavy atom. The summed E-state index contributed by atoms with van der Waals surface area (Å²) < 4.78 is 23.1. The zero-order valence-corrected chi connectivity index (χ0v) is 19.8. The highest BCUT2D eigenvalue weighted by atomic mass is 35.5. The lowest BCUT2D eigenvalue weighted by atomic mass is 10.1. The van der Waals surface area contributed by atoms with Crippen LogP contribution in [0.25, 0.3) is 10.9 Å². The highest BCUT2D eigenvalue weighted by molar-refractivity contribution is 7.45. The average Bonchev–Trinajstić information content (AvgIpc) is 2.64. The number of rotatable bonds is 5. The van der Waals surface area contributed by atoms with Gasteiger partial charge in [0.05, 0.1) is 18.7 Å². The fourth-order valence-electron chi connectivity index (χ4n) is 2.79. The summed E-state index contributed by atoms with van der Waals surface area (Å²) in [5.41, 5.74) is 2.05. The molecule has 32 heavy (non-hydrogen) atoms. The summed E-state index contributed by atoms with van der Waals surface area (Å²) >= 11 is 6.04. The number of hydrogen-bond donors (Lipinski definition) is 7. The molecule has 3 rings (SSSR count). The summed E-state index contributed by atoms with van der Waals surface area (Å²) in [5, 5.41) is 5.44. The molecule has 12 nitrogen and oxygen atoms in total. The molecule has 0 spiro atoms. The van der Waals surface area contributed by atoms with Crippen molar-refractivity contribution in [2.45, 2.75) is 19.4 Å². The Morgan fingerprint density at radius 3 is 2.22 bits per heavy atom. The Bertz CT molecular complexity index is 898. The number of fused-ring (bicyclic) bond motifs is 1. The van der Waals surface area contributed by atoms with Crippen molar-refractivity contribution < 1.29 is 43.2 Å². The van der Waals surface area contributed by atoms with Crippen molar-refractivity contribution in [2.24, 2.45) is 0 Å². The summed E-state index contributed by atoms with van der Waals surface area (Å²) in [5.74, 6) is 0. The van der Waals surface area contributed by atoms with Crippen molar-refractivity contribution in [1.82, 2.24) is 9.88 Å². The molecule has 1 saturated heterocycles. The second kappa shape index (κ2) is 13.5. The molecule has 0 aliphatic carbocycles. The molecule has 0 radical (unpaired) electrons. The van der Waals surface area contributed by atoms with Crippen LogP contribution in [0.4, 0.5) is 5.69 Å². The number of ether oxygens (including phenoxy) is 1. The number of aromatic nitrogens is 1. The molecule has 182 valence electrons. The van der Waals surface area contributed by atoms with E-state index in [9.17, 15) is 0 Å². The second-order valence-electron chi connectivity index (χ2n) is 6.83. The first-order valence-electron chi connectivity index (χ1n) is 9.40. The van der Waals surface area contributed by atoms with E-state index in [1.807, 2.05) is 30.5 Å². The highest BCUT2D eigenvalue weighted by Gasteiger charge is 2.12. The first kappa shape index (κ1) is 28.9. The SMILES string of the molecule is CC(CCN1CCOCC1)Nc1ccnc2cc(Cl)ccc12.O=P(O)(O)O.O=P(O)(O)O. The van der Waals surface area contributed by atoms with E-state index in [0.717, 1.165) is 60.9 Å². The van der Waals surface area contributed by atoms with Gasteiger partial charge in [-0.15, -0.1) is 0 Å². The van der Waals surface area contributed by atoms with E-state index in [-0.39, 0.29) is 0 Å². The lowest BCUT2D eigenvalue weighted by Gasteiger charge is -2.28. The lowest BCUT2D eigenvalue weighted by Crippen LogP contribution is -2.38. The fourth-order valence-corrected chi connectivity index (χ4v) is 2.95. The maximum absolute atomic E-state index is 8.88. The van der Waals surface area contributed by atoms with E-state index >= 15 is 0 Å². The van der Waals surface area contributed by atoms with Gasteiger partial charge in [-0.1, -0.05) is 11.6 Å². The minimum atomic E-state index is -4.64. The van der Waals surface area contributed by atoms with Crippen LogP contribution in [0.1, 0.15) is 13.3 Å². The predicted octanol–water partition coefficient (Wildman–Crippen LogP) is 1.55. The first-order valence-corrected chi connectivity index (χ1v) is 12.9. The number of morpholine rings is 1. The standard InChI is InChI=1S/C17H22ClN3O.2H3O4P/c1-13(5-7-21-8-10-22-11-9-21)20-16-4-6-19-17-12-14(18)2-3-15(16)17;2*1-5(2,3)4/h2-4,6,12-13H,5,7-11H2,1H3,(H,19,20);2*(H3,1,2,3,4). The van der Waals surface area contributed by atoms with Crippen molar-refractivity contribution in [2.75, 3.05) is 38.2 Å². The zero-order valence-electron chi connectivity index (χ0n) is 17.3. The number of hydrogen-bond acceptors (Lipinski definition) is 6. The van der Waals surface area contributed by atoms with Crippen molar-refractivity contribution in [3.63, 3.8) is 0 Å². The largest absolute Gasteiger partial charge is 0.466 e. The van der Waals surface area contributed by atoms with Crippen LogP contribution in [-0.4, -0.2) is 78.1 Å². The van der Waals surface area contributed by atoms with Crippen LogP contribution in [0.5, 0.6) is 0 Å². The van der Waals surface area contributed by atoms with Gasteiger partial charge in [0.1, 0.15) is 0 Å². The number of benzene rings is 1. The van der Waals surface area contributed by atoms with Gasteiger partial charge in [0.15, 0.2) is 0 Å². The van der Waals surface area contributed by atoms with Gasteiger partial charge >= 0.3 is 15.6 Å². The molecule has 0 bridgehead atoms. The van der Waals surface area contributed by atoms with Gasteiger partial charge < -0.3 is 39.4 Å². The molecule has 0 amide bonds. The molecule has 1 fully saturated rings. The molecule has 2 heterocycles. The molecular weight excluding hydrogens is 488 g/mol. The molecular formula is C17H28ClN3O9P2. The summed E-state index contributed by atoms with van der Waals surface area (Å²) in [6, 6.07) is 8.28. The van der Waals surface area contributed by atoms with Gasteiger partial charge in [-0.25, -0.2) is 9.13 Å². The van der Waals surface area contributed by atoms with E-state index in [4.69, 9.17) is 54.8 Å². The number of halogens is 1. The molecule has 2 aromatic rings. The highest BCUT2D eigenvalue weighted by Crippen LogP contribution is 2.26. The third-order valence-corrected chi connectivity index (χ3v) is 4.32. The van der Waals surface area contributed by atoms with E-state index in [2.05, 4.69) is 22.1 Å². The summed E-state index contributed by atoms with van der Waals surface area (Å²) in [6.45, 7) is 7.14. The van der Waals surface area contributed by atoms with Gasteiger partial charge in [0, 0.05) is 48.0 Å². The van der Waals surface area contributed by atoms with Crippen molar-refractivity contribution in [1.29, 1.82) is 0 Å². The Labute approximate surface area is 190 Å². The molecule has 1 atom stereocenters. The Hall–Kier alpha value is -1.14. The minimum Gasteiger partial charge on any atom is -0.382 e. The molecule has 1 aliphatic rings. The Balaban J connectivity index is 0.000000431. The van der Waals surface area contributed by atoms with Crippen LogP contribution < -0.4 is 5.32 Å². The van der Waals surface area contributed by atoms with E-state index in [1.165, 1.54) is 0 Å². The monoisotopic (exact) mass is 515 g/mol. The zero-order chi connectivity index (χ0) is 24.4. The van der Waals surface area contributed by atoms with Crippen LogP contribution in [0.2, 0.25) is 5.02 Å². The van der Waals surface area contributed by atoms with E-state index in [0.29, 0.717) is 6.04 Å². The maximum atomic E-state index is 8.88. The molecule has 1 aliphatic heterocycles. The third kappa shape index (κ3) is 14.8. The fraction of sp³-hybridized carbons (Fsp3) is 0.471. The van der Waals surface area contributed by atoms with Crippen LogP contribution in [0, 0.1) is 0 Å². The number of anilines is 1. The first-order chi connectivity index (χ1) is 14.7. The quantitative estimate of drug-likeness (QED) is 0.284. The van der Waals surface area contributed by atoms with Gasteiger partial charge in [-0.3, -0.25) is 9.88 Å². The number of nitrogens with one attached hydrogen (secondary N) is 1. The topological polar surface area (TPSA) is 193 Å². The Morgan fingerprint density at radius 2 is 1.66 bits per heavy atom. The van der Waals surface area contributed by atoms with Gasteiger partial charge in [-0.2, -0.15) is 0 Å². The smallest absolute Gasteiger partial charge is 0.382 e. The molecule has 15 heteroatoms. The molecule has 7 N–H and O–H groups in total. The van der Waals surface area contributed by atoms with Crippen molar-refractivity contribution >= 4 is 43.8 Å². The average molecular weight is 516 g/mol. The predicted molar refractivity (Wildman–Crippen MR) is 120 cm³/mol. The summed E-state index contributed by atoms with van der Waals surface area (Å²) in [7, 11) is -9.28. The van der Waals surface area contributed by atoms with Crippen LogP contribution in [0.3, 0.4) is 0 Å². The maximum Gasteiger partial charge on any atom is 0.466 e. The number of nitrogens with zero attached hydrogens (tertiary/aromatic N) is 2.